The highest BCUT2D eigenvalue weighted by Gasteiger charge is 2.15. The van der Waals surface area contributed by atoms with Gasteiger partial charge in [0.2, 0.25) is 0 Å². The first-order valence-electron chi connectivity index (χ1n) is 6.72. The van der Waals surface area contributed by atoms with Gasteiger partial charge in [0.1, 0.15) is 0 Å². The van der Waals surface area contributed by atoms with E-state index < -0.39 is 0 Å². The first-order valence-corrected chi connectivity index (χ1v) is 6.72. The Morgan fingerprint density at radius 1 is 1.39 bits per heavy atom. The molecule has 0 radical (unpaired) electrons. The number of nitrogens with one attached hydrogen (secondary N) is 1. The van der Waals surface area contributed by atoms with Crippen LogP contribution in [-0.2, 0) is 6.54 Å². The molecule has 0 spiro atoms. The van der Waals surface area contributed by atoms with Crippen LogP contribution in [-0.4, -0.2) is 22.1 Å². The molecule has 4 heteroatoms. The van der Waals surface area contributed by atoms with Crippen LogP contribution in [0.4, 0.5) is 0 Å². The van der Waals surface area contributed by atoms with Crippen LogP contribution >= 0.6 is 0 Å². The normalized spacial score (nSPS) is 20.8. The smallest absolute Gasteiger partial charge is 0.176 e. The zero-order valence-electron chi connectivity index (χ0n) is 10.5. The molecule has 3 rings (SSSR count). The fraction of sp³-hybridized carbons (Fsp3) is 0.500. The van der Waals surface area contributed by atoms with Gasteiger partial charge in [-0.05, 0) is 31.5 Å². The fourth-order valence-corrected chi connectivity index (χ4v) is 2.58. The zero-order chi connectivity index (χ0) is 12.2. The molecular weight excluding hydrogens is 226 g/mol. The van der Waals surface area contributed by atoms with Crippen molar-refractivity contribution in [1.82, 2.24) is 14.9 Å². The minimum atomic E-state index is 0.551. The van der Waals surface area contributed by atoms with Crippen LogP contribution in [0, 0.1) is 0 Å². The molecule has 0 aliphatic carbocycles. The summed E-state index contributed by atoms with van der Waals surface area (Å²) in [6, 6.07) is 4.41. The molecule has 18 heavy (non-hydrogen) atoms. The highest BCUT2D eigenvalue weighted by atomic mass is 16.3. The quantitative estimate of drug-likeness (QED) is 0.904. The lowest BCUT2D eigenvalue weighted by atomic mass is 10.1. The maximum atomic E-state index is 5.43. The summed E-state index contributed by atoms with van der Waals surface area (Å²) in [7, 11) is 0. The van der Waals surface area contributed by atoms with Crippen LogP contribution in [0.1, 0.15) is 25.7 Å². The topological polar surface area (TPSA) is 43.0 Å². The minimum absolute atomic E-state index is 0.551. The minimum Gasteiger partial charge on any atom is -0.461 e. The van der Waals surface area contributed by atoms with Crippen molar-refractivity contribution >= 4 is 0 Å². The van der Waals surface area contributed by atoms with Crippen molar-refractivity contribution in [3.8, 4) is 11.6 Å². The molecule has 1 saturated heterocycles. The lowest BCUT2D eigenvalue weighted by molar-refractivity contribution is 0.443. The molecule has 0 aromatic carbocycles. The summed E-state index contributed by atoms with van der Waals surface area (Å²) in [5, 5.41) is 3.61. The first kappa shape index (κ1) is 11.5. The van der Waals surface area contributed by atoms with Crippen molar-refractivity contribution < 1.29 is 4.42 Å². The van der Waals surface area contributed by atoms with E-state index in [0.29, 0.717) is 6.04 Å². The molecule has 1 unspecified atom stereocenters. The van der Waals surface area contributed by atoms with Crippen molar-refractivity contribution in [2.24, 2.45) is 0 Å². The Morgan fingerprint density at radius 3 is 3.28 bits per heavy atom. The lowest BCUT2D eigenvalue weighted by Gasteiger charge is -2.17. The third-order valence-corrected chi connectivity index (χ3v) is 3.54. The Morgan fingerprint density at radius 2 is 2.39 bits per heavy atom. The van der Waals surface area contributed by atoms with Gasteiger partial charge in [-0.15, -0.1) is 0 Å². The van der Waals surface area contributed by atoms with Gasteiger partial charge in [0.25, 0.3) is 0 Å². The third-order valence-electron chi connectivity index (χ3n) is 3.54. The molecule has 2 aromatic heterocycles. The molecule has 0 saturated carbocycles. The summed E-state index contributed by atoms with van der Waals surface area (Å²) in [5.41, 5.74) is 0. The number of hydrogen-bond donors (Lipinski definition) is 1. The average molecular weight is 245 g/mol. The molecule has 2 aromatic rings. The molecule has 1 N–H and O–H groups in total. The van der Waals surface area contributed by atoms with Gasteiger partial charge in [0, 0.05) is 25.0 Å². The Balaban J connectivity index is 1.74. The highest BCUT2D eigenvalue weighted by Crippen LogP contribution is 2.19. The highest BCUT2D eigenvalue weighted by molar-refractivity contribution is 5.46. The van der Waals surface area contributed by atoms with E-state index >= 15 is 0 Å². The van der Waals surface area contributed by atoms with Crippen molar-refractivity contribution in [2.45, 2.75) is 38.3 Å². The largest absolute Gasteiger partial charge is 0.461 e. The van der Waals surface area contributed by atoms with E-state index in [0.717, 1.165) is 24.7 Å². The zero-order valence-corrected chi connectivity index (χ0v) is 10.5. The molecule has 4 nitrogen and oxygen atoms in total. The number of hydrogen-bond acceptors (Lipinski definition) is 3. The maximum absolute atomic E-state index is 5.43. The first-order chi connectivity index (χ1) is 8.93. The van der Waals surface area contributed by atoms with Crippen molar-refractivity contribution in [1.29, 1.82) is 0 Å². The maximum Gasteiger partial charge on any atom is 0.176 e. The summed E-state index contributed by atoms with van der Waals surface area (Å²) in [5.74, 6) is 1.76. The fourth-order valence-electron chi connectivity index (χ4n) is 2.58. The summed E-state index contributed by atoms with van der Waals surface area (Å²) in [6.07, 6.45) is 10.8. The molecule has 96 valence electrons. The van der Waals surface area contributed by atoms with Gasteiger partial charge in [-0.1, -0.05) is 12.8 Å². The molecule has 1 atom stereocenters. The van der Waals surface area contributed by atoms with Gasteiger partial charge >= 0.3 is 0 Å². The Hall–Kier alpha value is -1.55. The van der Waals surface area contributed by atoms with Gasteiger partial charge in [-0.25, -0.2) is 4.98 Å². The molecule has 1 aliphatic heterocycles. The Kier molecular flexibility index (Phi) is 3.46. The lowest BCUT2D eigenvalue weighted by Crippen LogP contribution is -2.32. The van der Waals surface area contributed by atoms with Crippen LogP contribution in [0.15, 0.2) is 35.2 Å². The van der Waals surface area contributed by atoms with E-state index in [4.69, 9.17) is 4.42 Å². The standard InChI is InChI=1S/C14H19N3O/c1-2-5-12(15-7-3-1)11-17-9-8-16-14(17)13-6-4-10-18-13/h4,6,8-10,12,15H,1-3,5,7,11H2. The van der Waals surface area contributed by atoms with E-state index in [9.17, 15) is 0 Å². The van der Waals surface area contributed by atoms with E-state index in [-0.39, 0.29) is 0 Å². The summed E-state index contributed by atoms with van der Waals surface area (Å²) < 4.78 is 7.61. The second-order valence-corrected chi connectivity index (χ2v) is 4.88. The van der Waals surface area contributed by atoms with Crippen molar-refractivity contribution in [2.75, 3.05) is 6.54 Å². The van der Waals surface area contributed by atoms with E-state index in [1.54, 1.807) is 6.26 Å². The predicted octanol–water partition coefficient (Wildman–Crippen LogP) is 2.68. The number of furan rings is 1. The van der Waals surface area contributed by atoms with Gasteiger partial charge in [0.15, 0.2) is 11.6 Å². The van der Waals surface area contributed by atoms with Crippen LogP contribution in [0.2, 0.25) is 0 Å². The SMILES string of the molecule is c1coc(-c2nccn2CC2CCCCCN2)c1. The van der Waals surface area contributed by atoms with E-state index in [1.165, 1.54) is 25.7 Å². The second-order valence-electron chi connectivity index (χ2n) is 4.88. The molecule has 3 heterocycles. The molecule has 0 amide bonds. The molecule has 1 aliphatic rings. The molecular formula is C14H19N3O. The Bertz CT molecular complexity index is 467. The summed E-state index contributed by atoms with van der Waals surface area (Å²) in [6.45, 7) is 2.10. The summed E-state index contributed by atoms with van der Waals surface area (Å²) >= 11 is 0. The van der Waals surface area contributed by atoms with E-state index in [2.05, 4.69) is 14.9 Å². The van der Waals surface area contributed by atoms with Crippen LogP contribution < -0.4 is 5.32 Å². The average Bonchev–Trinajstić information content (AvgIpc) is 2.97. The van der Waals surface area contributed by atoms with Crippen LogP contribution in [0.3, 0.4) is 0 Å². The van der Waals surface area contributed by atoms with Gasteiger partial charge in [-0.2, -0.15) is 0 Å². The van der Waals surface area contributed by atoms with Gasteiger partial charge in [-0.3, -0.25) is 0 Å². The van der Waals surface area contributed by atoms with Crippen LogP contribution in [0.25, 0.3) is 11.6 Å². The van der Waals surface area contributed by atoms with E-state index in [1.807, 2.05) is 24.5 Å². The summed E-state index contributed by atoms with van der Waals surface area (Å²) in [4.78, 5) is 4.39. The third kappa shape index (κ3) is 2.48. The second kappa shape index (κ2) is 5.40. The number of imidazole rings is 1. The van der Waals surface area contributed by atoms with Gasteiger partial charge in [0.05, 0.1) is 6.26 Å². The molecule has 0 bridgehead atoms. The predicted molar refractivity (Wildman–Crippen MR) is 70.2 cm³/mol. The van der Waals surface area contributed by atoms with Crippen LogP contribution in [0.5, 0.6) is 0 Å². The number of nitrogens with zero attached hydrogens (tertiary/aromatic N) is 2. The van der Waals surface area contributed by atoms with Crippen molar-refractivity contribution in [3.05, 3.63) is 30.8 Å². The monoisotopic (exact) mass is 245 g/mol. The van der Waals surface area contributed by atoms with Gasteiger partial charge < -0.3 is 14.3 Å². The Labute approximate surface area is 107 Å². The molecule has 1 fully saturated rings. The number of rotatable bonds is 3. The van der Waals surface area contributed by atoms with Crippen molar-refractivity contribution in [3.63, 3.8) is 0 Å². The number of aromatic nitrogens is 2.